The average Bonchev–Trinajstić information content (AvgIpc) is 1.99. The lowest BCUT2D eigenvalue weighted by Gasteiger charge is -2.13. The van der Waals surface area contributed by atoms with Gasteiger partial charge in [-0.05, 0) is 0 Å². The van der Waals surface area contributed by atoms with Gasteiger partial charge in [-0.25, -0.2) is 4.79 Å². The molecular formula is C8H12O3. The molecule has 3 heteroatoms. The third-order valence-electron chi connectivity index (χ3n) is 1.16. The van der Waals surface area contributed by atoms with Gasteiger partial charge in [0, 0.05) is 5.92 Å². The summed E-state index contributed by atoms with van der Waals surface area (Å²) in [5.41, 5.74) is 0. The van der Waals surface area contributed by atoms with Gasteiger partial charge in [-0.2, -0.15) is 0 Å². The number of hydrogen-bond acceptors (Lipinski definition) is 3. The van der Waals surface area contributed by atoms with Gasteiger partial charge in [-0.1, -0.05) is 19.8 Å². The third-order valence-corrected chi connectivity index (χ3v) is 1.16. The van der Waals surface area contributed by atoms with Gasteiger partial charge < -0.3 is 9.47 Å². The molecule has 1 atom stereocenters. The van der Waals surface area contributed by atoms with Gasteiger partial charge in [-0.3, -0.25) is 0 Å². The van der Waals surface area contributed by atoms with Crippen LogP contribution in [0.4, 0.5) is 4.79 Å². The zero-order chi connectivity index (χ0) is 8.85. The highest BCUT2D eigenvalue weighted by molar-refractivity contribution is 5.60. The summed E-state index contributed by atoms with van der Waals surface area (Å²) in [5, 5.41) is 0. The number of hydrogen-bond donors (Lipinski definition) is 0. The van der Waals surface area contributed by atoms with E-state index in [-0.39, 0.29) is 5.92 Å². The number of rotatable bonds is 2. The Bertz CT molecular complexity index is 167. The van der Waals surface area contributed by atoms with Gasteiger partial charge in [0.2, 0.25) is 0 Å². The summed E-state index contributed by atoms with van der Waals surface area (Å²) in [7, 11) is 1.25. The van der Waals surface area contributed by atoms with Crippen molar-refractivity contribution in [1.29, 1.82) is 0 Å². The molecule has 0 aliphatic heterocycles. The number of carbonyl (C=O) groups is 1. The van der Waals surface area contributed by atoms with Gasteiger partial charge in [0.15, 0.2) is 6.10 Å². The van der Waals surface area contributed by atoms with Gasteiger partial charge in [0.05, 0.1) is 7.11 Å². The molecule has 0 radical (unpaired) electrons. The fourth-order valence-corrected chi connectivity index (χ4v) is 0.514. The first-order valence-corrected chi connectivity index (χ1v) is 3.32. The van der Waals surface area contributed by atoms with Crippen molar-refractivity contribution in [3.63, 3.8) is 0 Å². The molecule has 0 bridgehead atoms. The molecule has 0 fully saturated rings. The zero-order valence-corrected chi connectivity index (χ0v) is 6.96. The number of methoxy groups -OCH3 is 1. The Morgan fingerprint density at radius 2 is 2.09 bits per heavy atom. The quantitative estimate of drug-likeness (QED) is 0.448. The average molecular weight is 156 g/mol. The Morgan fingerprint density at radius 1 is 1.55 bits per heavy atom. The number of terminal acetylenes is 1. The number of carbonyl (C=O) groups excluding carboxylic acids is 1. The Balaban J connectivity index is 3.91. The monoisotopic (exact) mass is 156 g/mol. The first kappa shape index (κ1) is 9.83. The van der Waals surface area contributed by atoms with Crippen LogP contribution in [0.3, 0.4) is 0 Å². The van der Waals surface area contributed by atoms with E-state index in [0.29, 0.717) is 0 Å². The van der Waals surface area contributed by atoms with Crippen LogP contribution in [0.15, 0.2) is 0 Å². The van der Waals surface area contributed by atoms with Crippen LogP contribution >= 0.6 is 0 Å². The molecule has 3 nitrogen and oxygen atoms in total. The van der Waals surface area contributed by atoms with Gasteiger partial charge in [0.1, 0.15) is 0 Å². The lowest BCUT2D eigenvalue weighted by Crippen LogP contribution is -2.21. The molecule has 0 spiro atoms. The predicted molar refractivity (Wildman–Crippen MR) is 40.9 cm³/mol. The fraction of sp³-hybridized carbons (Fsp3) is 0.625. The van der Waals surface area contributed by atoms with E-state index < -0.39 is 12.3 Å². The van der Waals surface area contributed by atoms with E-state index in [1.165, 1.54) is 7.11 Å². The van der Waals surface area contributed by atoms with E-state index in [1.54, 1.807) is 0 Å². The molecule has 1 unspecified atom stereocenters. The van der Waals surface area contributed by atoms with Crippen LogP contribution in [0.25, 0.3) is 0 Å². The van der Waals surface area contributed by atoms with Gasteiger partial charge in [-0.15, -0.1) is 6.42 Å². The molecule has 0 amide bonds. The van der Waals surface area contributed by atoms with E-state index in [2.05, 4.69) is 10.7 Å². The van der Waals surface area contributed by atoms with Crippen molar-refractivity contribution >= 4 is 6.16 Å². The smallest absolute Gasteiger partial charge is 0.438 e. The molecular weight excluding hydrogens is 144 g/mol. The third kappa shape index (κ3) is 3.51. The summed E-state index contributed by atoms with van der Waals surface area (Å²) in [6.07, 6.45) is 3.86. The summed E-state index contributed by atoms with van der Waals surface area (Å²) < 4.78 is 8.99. The van der Waals surface area contributed by atoms with Crippen LogP contribution in [-0.4, -0.2) is 19.4 Å². The van der Waals surface area contributed by atoms with E-state index >= 15 is 0 Å². The van der Waals surface area contributed by atoms with Crippen LogP contribution in [-0.2, 0) is 9.47 Å². The molecule has 0 saturated carbocycles. The minimum Gasteiger partial charge on any atom is -0.438 e. The predicted octanol–water partition coefficient (Wildman–Crippen LogP) is 1.43. The highest BCUT2D eigenvalue weighted by Gasteiger charge is 2.14. The lowest BCUT2D eigenvalue weighted by molar-refractivity contribution is 0.0415. The lowest BCUT2D eigenvalue weighted by atomic mass is 10.1. The topological polar surface area (TPSA) is 35.5 Å². The van der Waals surface area contributed by atoms with Crippen molar-refractivity contribution < 1.29 is 14.3 Å². The van der Waals surface area contributed by atoms with Crippen LogP contribution in [0.1, 0.15) is 13.8 Å². The van der Waals surface area contributed by atoms with Crippen LogP contribution in [0.5, 0.6) is 0 Å². The minimum atomic E-state index is -0.735. The molecule has 0 heterocycles. The molecule has 0 aromatic carbocycles. The Labute approximate surface area is 66.7 Å². The molecule has 0 aliphatic rings. The minimum absolute atomic E-state index is 0.110. The van der Waals surface area contributed by atoms with Crippen molar-refractivity contribution in [2.75, 3.05) is 7.11 Å². The summed E-state index contributed by atoms with van der Waals surface area (Å²) in [4.78, 5) is 10.5. The fourth-order valence-electron chi connectivity index (χ4n) is 0.514. The van der Waals surface area contributed by atoms with Crippen molar-refractivity contribution in [1.82, 2.24) is 0 Å². The van der Waals surface area contributed by atoms with Crippen LogP contribution < -0.4 is 0 Å². The van der Waals surface area contributed by atoms with E-state index in [9.17, 15) is 4.79 Å². The van der Waals surface area contributed by atoms with Crippen LogP contribution in [0.2, 0.25) is 0 Å². The van der Waals surface area contributed by atoms with Crippen molar-refractivity contribution in [3.8, 4) is 12.3 Å². The Kier molecular flexibility index (Phi) is 4.12. The molecule has 0 aromatic heterocycles. The second kappa shape index (κ2) is 4.62. The highest BCUT2D eigenvalue weighted by Crippen LogP contribution is 2.05. The molecule has 0 aliphatic carbocycles. The molecule has 62 valence electrons. The highest BCUT2D eigenvalue weighted by atomic mass is 16.7. The molecule has 0 rings (SSSR count). The SMILES string of the molecule is C#CC(OC(=O)OC)C(C)C. The first-order chi connectivity index (χ1) is 5.11. The van der Waals surface area contributed by atoms with Gasteiger partial charge >= 0.3 is 6.16 Å². The molecule has 0 aromatic rings. The summed E-state index contributed by atoms with van der Waals surface area (Å²) >= 11 is 0. The van der Waals surface area contributed by atoms with Crippen molar-refractivity contribution in [2.24, 2.45) is 5.92 Å². The second-order valence-corrected chi connectivity index (χ2v) is 2.40. The summed E-state index contributed by atoms with van der Waals surface area (Å²) in [6, 6.07) is 0. The largest absolute Gasteiger partial charge is 0.509 e. The maximum Gasteiger partial charge on any atom is 0.509 e. The van der Waals surface area contributed by atoms with E-state index in [4.69, 9.17) is 11.2 Å². The molecule has 11 heavy (non-hydrogen) atoms. The molecule has 0 N–H and O–H groups in total. The van der Waals surface area contributed by atoms with E-state index in [1.807, 2.05) is 13.8 Å². The zero-order valence-electron chi connectivity index (χ0n) is 6.96. The normalized spacial score (nSPS) is 11.9. The Morgan fingerprint density at radius 3 is 2.36 bits per heavy atom. The maximum absolute atomic E-state index is 10.5. The maximum atomic E-state index is 10.5. The van der Waals surface area contributed by atoms with Crippen LogP contribution in [0, 0.1) is 18.3 Å². The standard InChI is InChI=1S/C8H12O3/c1-5-7(6(2)3)11-8(9)10-4/h1,6-7H,2-4H3. The second-order valence-electron chi connectivity index (χ2n) is 2.40. The van der Waals surface area contributed by atoms with E-state index in [0.717, 1.165) is 0 Å². The number of ether oxygens (including phenoxy) is 2. The van der Waals surface area contributed by atoms with Gasteiger partial charge in [0.25, 0.3) is 0 Å². The first-order valence-electron chi connectivity index (χ1n) is 3.32. The summed E-state index contributed by atoms with van der Waals surface area (Å²) in [6.45, 7) is 3.74. The van der Waals surface area contributed by atoms with Crippen molar-refractivity contribution in [3.05, 3.63) is 0 Å². The molecule has 0 saturated heterocycles. The summed E-state index contributed by atoms with van der Waals surface area (Å²) in [5.74, 6) is 2.45. The Hall–Kier alpha value is -1.17. The van der Waals surface area contributed by atoms with Crippen molar-refractivity contribution in [2.45, 2.75) is 20.0 Å².